The van der Waals surface area contributed by atoms with Crippen LogP contribution in [0.3, 0.4) is 0 Å². The first kappa shape index (κ1) is 22.6. The zero-order valence-electron chi connectivity index (χ0n) is 19.6. The molecule has 0 bridgehead atoms. The summed E-state index contributed by atoms with van der Waals surface area (Å²) in [6.45, 7) is 3.76. The van der Waals surface area contributed by atoms with Gasteiger partial charge in [-0.15, -0.1) is 0 Å². The van der Waals surface area contributed by atoms with Crippen LogP contribution in [0.4, 0.5) is 17.3 Å². The molecular formula is C26H31N6O2-. The molecule has 0 amide bonds. The van der Waals surface area contributed by atoms with E-state index in [2.05, 4.69) is 32.8 Å². The Morgan fingerprint density at radius 3 is 2.71 bits per heavy atom. The van der Waals surface area contributed by atoms with E-state index in [0.717, 1.165) is 58.5 Å². The zero-order valence-corrected chi connectivity index (χ0v) is 19.6. The lowest BCUT2D eigenvalue weighted by molar-refractivity contribution is 0.226. The smallest absolute Gasteiger partial charge is 0.227 e. The minimum Gasteiger partial charge on any atom is -0.767 e. The van der Waals surface area contributed by atoms with Gasteiger partial charge in [-0.1, -0.05) is 12.5 Å². The molecular weight excluding hydrogens is 428 g/mol. The molecule has 0 saturated carbocycles. The standard InChI is InChI=1S/C26H31N6O2/c1-34-22-10-8-21(9-11-22)28-26-27-17-20-18-32(33)30-24-12-7-19(16-23(24)25(20)29-26)6-5-15-31-13-3-2-4-14-31/h7-12,16-17,30H,2-6,13-15,18H2,1H3,(H,27,28,29)/q-1. The number of nitrogens with zero attached hydrogens (tertiary/aromatic N) is 4. The van der Waals surface area contributed by atoms with Crippen LogP contribution in [0.25, 0.3) is 11.3 Å². The number of ether oxygens (including phenoxy) is 1. The van der Waals surface area contributed by atoms with Gasteiger partial charge in [0, 0.05) is 29.6 Å². The highest BCUT2D eigenvalue weighted by atomic mass is 16.5. The van der Waals surface area contributed by atoms with Crippen LogP contribution in [-0.4, -0.2) is 46.8 Å². The summed E-state index contributed by atoms with van der Waals surface area (Å²) in [5.41, 5.74) is 8.36. The summed E-state index contributed by atoms with van der Waals surface area (Å²) in [5, 5.41) is 16.5. The third-order valence-electron chi connectivity index (χ3n) is 6.50. The van der Waals surface area contributed by atoms with Crippen molar-refractivity contribution in [2.45, 2.75) is 38.6 Å². The number of fused-ring (bicyclic) bond motifs is 3. The Labute approximate surface area is 200 Å². The Balaban J connectivity index is 1.37. The van der Waals surface area contributed by atoms with Crippen LogP contribution < -0.4 is 15.5 Å². The van der Waals surface area contributed by atoms with Crippen LogP contribution in [0.1, 0.15) is 36.8 Å². The fourth-order valence-electron chi connectivity index (χ4n) is 4.68. The van der Waals surface area contributed by atoms with E-state index < -0.39 is 0 Å². The van der Waals surface area contributed by atoms with E-state index in [4.69, 9.17) is 9.72 Å². The number of nitrogens with one attached hydrogen (secondary N) is 2. The van der Waals surface area contributed by atoms with Crippen LogP contribution in [0.2, 0.25) is 0 Å². The molecule has 5 rings (SSSR count). The number of hydrogen-bond donors (Lipinski definition) is 2. The van der Waals surface area contributed by atoms with Gasteiger partial charge in [-0.3, -0.25) is 5.17 Å². The second-order valence-corrected chi connectivity index (χ2v) is 8.96. The Morgan fingerprint density at radius 1 is 1.09 bits per heavy atom. The molecule has 8 heteroatoms. The molecule has 0 atom stereocenters. The molecule has 3 aromatic rings. The number of anilines is 3. The number of likely N-dealkylation sites (tertiary alicyclic amines) is 1. The molecule has 1 saturated heterocycles. The number of piperidine rings is 1. The van der Waals surface area contributed by atoms with E-state index in [1.807, 2.05) is 30.3 Å². The van der Waals surface area contributed by atoms with Gasteiger partial charge in [0.1, 0.15) is 5.75 Å². The van der Waals surface area contributed by atoms with Crippen LogP contribution in [0, 0.1) is 5.21 Å². The van der Waals surface area contributed by atoms with E-state index in [1.165, 1.54) is 37.9 Å². The van der Waals surface area contributed by atoms with Gasteiger partial charge < -0.3 is 25.6 Å². The van der Waals surface area contributed by atoms with Crippen molar-refractivity contribution >= 4 is 17.3 Å². The molecule has 1 fully saturated rings. The summed E-state index contributed by atoms with van der Waals surface area (Å²) >= 11 is 0. The molecule has 2 aliphatic rings. The van der Waals surface area contributed by atoms with Crippen molar-refractivity contribution in [3.8, 4) is 17.0 Å². The molecule has 0 spiro atoms. The number of hydrazine groups is 1. The van der Waals surface area contributed by atoms with Crippen molar-refractivity contribution < 1.29 is 4.74 Å². The number of benzene rings is 2. The summed E-state index contributed by atoms with van der Waals surface area (Å²) in [6.07, 6.45) is 7.86. The summed E-state index contributed by atoms with van der Waals surface area (Å²) in [6, 6.07) is 13.9. The third kappa shape index (κ3) is 5.30. The summed E-state index contributed by atoms with van der Waals surface area (Å²) < 4.78 is 5.23. The largest absolute Gasteiger partial charge is 0.767 e. The molecule has 1 aromatic heterocycles. The van der Waals surface area contributed by atoms with Gasteiger partial charge in [0.25, 0.3) is 0 Å². The number of aromatic nitrogens is 2. The summed E-state index contributed by atoms with van der Waals surface area (Å²) in [4.78, 5) is 11.8. The number of hydrogen-bond acceptors (Lipinski definition) is 8. The van der Waals surface area contributed by atoms with Gasteiger partial charge >= 0.3 is 0 Å². The SMILES string of the molecule is COc1ccc(Nc2ncc3c(n2)-c2cc(CCCN4CCCCC4)ccc2NN([O-])C3)cc1. The minimum atomic E-state index is 0.178. The maximum absolute atomic E-state index is 12.4. The second kappa shape index (κ2) is 10.4. The maximum atomic E-state index is 12.4. The van der Waals surface area contributed by atoms with Gasteiger partial charge in [-0.2, -0.15) is 0 Å². The van der Waals surface area contributed by atoms with Crippen LogP contribution >= 0.6 is 0 Å². The lowest BCUT2D eigenvalue weighted by Gasteiger charge is -2.28. The Hall–Kier alpha value is -3.20. The summed E-state index contributed by atoms with van der Waals surface area (Å²) in [7, 11) is 1.64. The van der Waals surface area contributed by atoms with Gasteiger partial charge in [0.05, 0.1) is 18.5 Å². The zero-order chi connectivity index (χ0) is 23.3. The predicted octanol–water partition coefficient (Wildman–Crippen LogP) is 4.95. The first-order valence-electron chi connectivity index (χ1n) is 12.0. The molecule has 3 heterocycles. The number of hydroxylamine groups is 1. The highest BCUT2D eigenvalue weighted by Crippen LogP contribution is 2.35. The van der Waals surface area contributed by atoms with Crippen molar-refractivity contribution in [2.24, 2.45) is 0 Å². The van der Waals surface area contributed by atoms with E-state index in [0.29, 0.717) is 5.95 Å². The van der Waals surface area contributed by atoms with Crippen molar-refractivity contribution in [3.05, 3.63) is 65.0 Å². The second-order valence-electron chi connectivity index (χ2n) is 8.96. The molecule has 2 aromatic carbocycles. The topological polar surface area (TPSA) is 88.6 Å². The maximum Gasteiger partial charge on any atom is 0.227 e. The monoisotopic (exact) mass is 459 g/mol. The Kier molecular flexibility index (Phi) is 6.89. The lowest BCUT2D eigenvalue weighted by Crippen LogP contribution is -2.30. The number of methoxy groups -OCH3 is 1. The van der Waals surface area contributed by atoms with E-state index in [1.54, 1.807) is 13.3 Å². The van der Waals surface area contributed by atoms with Gasteiger partial charge in [-0.05, 0) is 87.3 Å². The number of rotatable bonds is 7. The molecule has 2 N–H and O–H groups in total. The first-order valence-corrected chi connectivity index (χ1v) is 12.0. The molecule has 0 unspecified atom stereocenters. The van der Waals surface area contributed by atoms with Crippen LogP contribution in [0.15, 0.2) is 48.7 Å². The number of aryl methyl sites for hydroxylation is 1. The third-order valence-corrected chi connectivity index (χ3v) is 6.50. The molecule has 0 aliphatic carbocycles. The quantitative estimate of drug-likeness (QED) is 0.513. The van der Waals surface area contributed by atoms with Crippen molar-refractivity contribution in [2.75, 3.05) is 37.5 Å². The molecule has 34 heavy (non-hydrogen) atoms. The fraction of sp³-hybridized carbons (Fsp3) is 0.385. The average Bonchev–Trinajstić information content (AvgIpc) is 3.00. The lowest BCUT2D eigenvalue weighted by atomic mass is 10.00. The van der Waals surface area contributed by atoms with Gasteiger partial charge in [-0.25, -0.2) is 9.97 Å². The normalized spacial score (nSPS) is 16.2. The molecule has 0 radical (unpaired) electrons. The Morgan fingerprint density at radius 2 is 1.91 bits per heavy atom. The minimum absolute atomic E-state index is 0.178. The predicted molar refractivity (Wildman–Crippen MR) is 135 cm³/mol. The molecule has 2 aliphatic heterocycles. The van der Waals surface area contributed by atoms with Crippen LogP contribution in [0.5, 0.6) is 5.75 Å². The average molecular weight is 460 g/mol. The highest BCUT2D eigenvalue weighted by Gasteiger charge is 2.19. The van der Waals surface area contributed by atoms with Gasteiger partial charge in [0.15, 0.2) is 0 Å². The summed E-state index contributed by atoms with van der Waals surface area (Å²) in [5.74, 6) is 1.28. The molecule has 8 nitrogen and oxygen atoms in total. The van der Waals surface area contributed by atoms with Crippen LogP contribution in [-0.2, 0) is 13.0 Å². The Bertz CT molecular complexity index is 1110. The van der Waals surface area contributed by atoms with E-state index in [9.17, 15) is 5.21 Å². The van der Waals surface area contributed by atoms with Crippen molar-refractivity contribution in [1.82, 2.24) is 20.0 Å². The fourth-order valence-corrected chi connectivity index (χ4v) is 4.68. The van der Waals surface area contributed by atoms with E-state index in [-0.39, 0.29) is 6.54 Å². The van der Waals surface area contributed by atoms with Crippen molar-refractivity contribution in [3.63, 3.8) is 0 Å². The van der Waals surface area contributed by atoms with E-state index >= 15 is 0 Å². The van der Waals surface area contributed by atoms with Gasteiger partial charge in [0.2, 0.25) is 5.95 Å². The first-order chi connectivity index (χ1) is 16.7. The highest BCUT2D eigenvalue weighted by molar-refractivity contribution is 5.79. The molecule has 178 valence electrons. The van der Waals surface area contributed by atoms with Crippen molar-refractivity contribution in [1.29, 1.82) is 0 Å².